The molecule has 0 saturated carbocycles. The molecule has 0 spiro atoms. The number of aliphatic carboxylic acids is 1. The van der Waals surface area contributed by atoms with E-state index in [9.17, 15) is 13.2 Å². The molecule has 0 radical (unpaired) electrons. The highest BCUT2D eigenvalue weighted by Crippen LogP contribution is 2.37. The lowest BCUT2D eigenvalue weighted by atomic mass is 9.97. The van der Waals surface area contributed by atoms with Gasteiger partial charge in [0.15, 0.2) is 0 Å². The number of aromatic nitrogens is 1. The van der Waals surface area contributed by atoms with Crippen molar-refractivity contribution >= 4 is 15.8 Å². The van der Waals surface area contributed by atoms with Crippen molar-refractivity contribution in [1.82, 2.24) is 4.98 Å². The Bertz CT molecular complexity index is 1380. The van der Waals surface area contributed by atoms with Crippen LogP contribution in [0.2, 0.25) is 0 Å². The molecule has 1 aromatic heterocycles. The van der Waals surface area contributed by atoms with Gasteiger partial charge in [0, 0.05) is 29.4 Å². The first-order chi connectivity index (χ1) is 17.6. The minimum atomic E-state index is -3.00. The molecule has 196 valence electrons. The third kappa shape index (κ3) is 7.01. The normalized spacial score (nSPS) is 14.6. The number of ether oxygens (including phenoxy) is 3. The van der Waals surface area contributed by atoms with Crippen molar-refractivity contribution < 1.29 is 32.5 Å². The molecule has 1 atom stereocenters. The van der Waals surface area contributed by atoms with Gasteiger partial charge in [-0.1, -0.05) is 18.2 Å². The van der Waals surface area contributed by atoms with E-state index < -0.39 is 15.8 Å². The molecule has 0 fully saturated rings. The van der Waals surface area contributed by atoms with E-state index in [1.807, 2.05) is 56.3 Å². The first-order valence-electron chi connectivity index (χ1n) is 12.1. The van der Waals surface area contributed by atoms with Crippen LogP contribution in [0, 0.1) is 13.8 Å². The van der Waals surface area contributed by atoms with E-state index in [-0.39, 0.29) is 18.1 Å². The fourth-order valence-electron chi connectivity index (χ4n) is 4.50. The van der Waals surface area contributed by atoms with Crippen LogP contribution in [0.5, 0.6) is 17.4 Å². The monoisotopic (exact) mass is 525 g/mol. The van der Waals surface area contributed by atoms with Crippen LogP contribution in [-0.4, -0.2) is 49.7 Å². The molecule has 1 aliphatic rings. The van der Waals surface area contributed by atoms with Crippen LogP contribution in [0.3, 0.4) is 0 Å². The molecule has 0 bridgehead atoms. The highest BCUT2D eigenvalue weighted by Gasteiger charge is 2.26. The number of sulfone groups is 1. The third-order valence-corrected chi connectivity index (χ3v) is 7.21. The zero-order valence-corrected chi connectivity index (χ0v) is 22.0. The predicted molar refractivity (Wildman–Crippen MR) is 140 cm³/mol. The Hall–Kier alpha value is -3.59. The van der Waals surface area contributed by atoms with Crippen molar-refractivity contribution in [2.24, 2.45) is 0 Å². The van der Waals surface area contributed by atoms with E-state index >= 15 is 0 Å². The zero-order chi connectivity index (χ0) is 26.6. The molecule has 9 heteroatoms. The topological polar surface area (TPSA) is 112 Å². The van der Waals surface area contributed by atoms with E-state index in [1.54, 1.807) is 6.07 Å². The van der Waals surface area contributed by atoms with Crippen LogP contribution in [0.4, 0.5) is 0 Å². The lowest BCUT2D eigenvalue weighted by Crippen LogP contribution is -2.08. The van der Waals surface area contributed by atoms with E-state index in [0.717, 1.165) is 33.5 Å². The van der Waals surface area contributed by atoms with Crippen LogP contribution in [0.25, 0.3) is 11.3 Å². The Kier molecular flexibility index (Phi) is 8.02. The minimum absolute atomic E-state index is 0.0503. The van der Waals surface area contributed by atoms with Crippen LogP contribution >= 0.6 is 0 Å². The second-order valence-corrected chi connectivity index (χ2v) is 11.7. The molecule has 0 amide bonds. The first-order valence-corrected chi connectivity index (χ1v) is 14.1. The maximum atomic E-state index is 11.3. The molecule has 0 saturated heterocycles. The fourth-order valence-corrected chi connectivity index (χ4v) is 5.15. The Balaban J connectivity index is 1.42. The Morgan fingerprint density at radius 3 is 2.57 bits per heavy atom. The first kappa shape index (κ1) is 26.5. The molecule has 37 heavy (non-hydrogen) atoms. The summed E-state index contributed by atoms with van der Waals surface area (Å²) in [6.45, 7) is 4.99. The Labute approximate surface area is 217 Å². The number of benzene rings is 2. The average Bonchev–Trinajstić information content (AvgIpc) is 3.21. The maximum absolute atomic E-state index is 11.3. The largest absolute Gasteiger partial charge is 0.494 e. The number of nitrogens with zero attached hydrogens (tertiary/aromatic N) is 1. The smallest absolute Gasteiger partial charge is 0.304 e. The van der Waals surface area contributed by atoms with Crippen molar-refractivity contribution in [2.75, 3.05) is 25.2 Å². The van der Waals surface area contributed by atoms with E-state index in [1.165, 1.54) is 6.26 Å². The lowest BCUT2D eigenvalue weighted by Gasteiger charge is -2.14. The number of rotatable bonds is 11. The van der Waals surface area contributed by atoms with Crippen LogP contribution < -0.4 is 14.2 Å². The van der Waals surface area contributed by atoms with Crippen molar-refractivity contribution in [3.05, 3.63) is 70.8 Å². The summed E-state index contributed by atoms with van der Waals surface area (Å²) in [6, 6.07) is 15.2. The summed E-state index contributed by atoms with van der Waals surface area (Å²) in [5.74, 6) is 1.03. The molecule has 1 aliphatic heterocycles. The third-order valence-electron chi connectivity index (χ3n) is 6.18. The maximum Gasteiger partial charge on any atom is 0.304 e. The highest BCUT2D eigenvalue weighted by molar-refractivity contribution is 7.90. The summed E-state index contributed by atoms with van der Waals surface area (Å²) < 4.78 is 40.0. The molecule has 4 rings (SSSR count). The zero-order valence-electron chi connectivity index (χ0n) is 21.2. The number of pyridine rings is 1. The van der Waals surface area contributed by atoms with Gasteiger partial charge in [0.05, 0.1) is 31.1 Å². The minimum Gasteiger partial charge on any atom is -0.494 e. The number of carbonyl (C=O) groups is 1. The predicted octanol–water partition coefficient (Wildman–Crippen LogP) is 4.71. The molecule has 2 aromatic carbocycles. The second kappa shape index (κ2) is 11.2. The van der Waals surface area contributed by atoms with Gasteiger partial charge < -0.3 is 19.3 Å². The average molecular weight is 526 g/mol. The number of hydrogen-bond donors (Lipinski definition) is 1. The Morgan fingerprint density at radius 2 is 1.86 bits per heavy atom. The molecule has 2 heterocycles. The van der Waals surface area contributed by atoms with Crippen molar-refractivity contribution in [1.29, 1.82) is 0 Å². The molecule has 1 unspecified atom stereocenters. The van der Waals surface area contributed by atoms with Gasteiger partial charge in [-0.25, -0.2) is 13.4 Å². The number of carboxylic acids is 1. The molecular weight excluding hydrogens is 494 g/mol. The van der Waals surface area contributed by atoms with Crippen LogP contribution in [0.15, 0.2) is 48.5 Å². The summed E-state index contributed by atoms with van der Waals surface area (Å²) in [5.41, 5.74) is 5.59. The molecular formula is C28H31NO7S. The standard InChI is InChI=1S/C28H31NO7S/c1-18-12-22(34-10-5-11-37(3,32)33)13-19(2)28(18)24-6-4-7-26(29-24)36-16-20-8-9-23-21(15-27(30)31)17-35-25(23)14-20/h4,6-9,12-14,21H,5,10-11,15-17H2,1-3H3,(H,30,31). The summed E-state index contributed by atoms with van der Waals surface area (Å²) in [7, 11) is -3.00. The molecule has 0 aliphatic carbocycles. The van der Waals surface area contributed by atoms with Gasteiger partial charge in [-0.05, 0) is 61.2 Å². The highest BCUT2D eigenvalue weighted by atomic mass is 32.2. The van der Waals surface area contributed by atoms with Gasteiger partial charge in [-0.15, -0.1) is 0 Å². The van der Waals surface area contributed by atoms with E-state index in [0.29, 0.717) is 43.6 Å². The number of carboxylic acid groups (broad SMARTS) is 1. The van der Waals surface area contributed by atoms with Crippen LogP contribution in [-0.2, 0) is 21.2 Å². The number of fused-ring (bicyclic) bond motifs is 1. The van der Waals surface area contributed by atoms with E-state index in [4.69, 9.17) is 24.3 Å². The Morgan fingerprint density at radius 1 is 1.11 bits per heavy atom. The van der Waals surface area contributed by atoms with Gasteiger partial charge in [0.1, 0.15) is 27.9 Å². The van der Waals surface area contributed by atoms with Crippen molar-refractivity contribution in [3.8, 4) is 28.6 Å². The summed E-state index contributed by atoms with van der Waals surface area (Å²) in [4.78, 5) is 15.8. The summed E-state index contributed by atoms with van der Waals surface area (Å²) in [6.07, 6.45) is 1.72. The van der Waals surface area contributed by atoms with Gasteiger partial charge in [0.2, 0.25) is 5.88 Å². The molecule has 3 aromatic rings. The van der Waals surface area contributed by atoms with Crippen molar-refractivity contribution in [2.45, 2.75) is 39.2 Å². The van der Waals surface area contributed by atoms with Crippen molar-refractivity contribution in [3.63, 3.8) is 0 Å². The quantitative estimate of drug-likeness (QED) is 0.358. The molecule has 1 N–H and O–H groups in total. The van der Waals surface area contributed by atoms with Gasteiger partial charge in [-0.3, -0.25) is 4.79 Å². The van der Waals surface area contributed by atoms with Gasteiger partial charge in [-0.2, -0.15) is 0 Å². The van der Waals surface area contributed by atoms with Crippen LogP contribution in [0.1, 0.15) is 41.0 Å². The fraction of sp³-hybridized carbons (Fsp3) is 0.357. The summed E-state index contributed by atoms with van der Waals surface area (Å²) in [5, 5.41) is 9.08. The lowest BCUT2D eigenvalue weighted by molar-refractivity contribution is -0.137. The van der Waals surface area contributed by atoms with E-state index in [2.05, 4.69) is 0 Å². The SMILES string of the molecule is Cc1cc(OCCCS(C)(=O)=O)cc(C)c1-c1cccc(OCc2ccc3c(c2)OCC3CC(=O)O)n1. The second-order valence-electron chi connectivity index (χ2n) is 9.39. The molecule has 8 nitrogen and oxygen atoms in total. The van der Waals surface area contributed by atoms with Gasteiger partial charge >= 0.3 is 5.97 Å². The summed E-state index contributed by atoms with van der Waals surface area (Å²) >= 11 is 0. The van der Waals surface area contributed by atoms with Gasteiger partial charge in [0.25, 0.3) is 0 Å². The number of aryl methyl sites for hydroxylation is 2. The number of hydrogen-bond acceptors (Lipinski definition) is 7.